The minimum absolute atomic E-state index is 0.275. The molecule has 0 spiro atoms. The Kier molecular flexibility index (Phi) is 1.82. The molecule has 0 aliphatic rings. The van der Waals surface area contributed by atoms with Gasteiger partial charge in [-0.3, -0.25) is 0 Å². The Morgan fingerprint density at radius 1 is 1.36 bits per heavy atom. The predicted octanol–water partition coefficient (Wildman–Crippen LogP) is 1.76. The average molecular weight is 208 g/mol. The van der Waals surface area contributed by atoms with Crippen LogP contribution >= 0.6 is 11.3 Å². The molecule has 0 atom stereocenters. The smallest absolute Gasteiger partial charge is 0.337 e. The third-order valence-corrected chi connectivity index (χ3v) is 3.07. The summed E-state index contributed by atoms with van der Waals surface area (Å²) in [7, 11) is 0. The molecule has 0 amide bonds. The van der Waals surface area contributed by atoms with Crippen LogP contribution in [0.1, 0.15) is 10.4 Å². The Labute approximate surface area is 83.8 Å². The highest BCUT2D eigenvalue weighted by Crippen LogP contribution is 2.34. The van der Waals surface area contributed by atoms with Crippen molar-refractivity contribution in [3.8, 4) is 0 Å². The van der Waals surface area contributed by atoms with E-state index >= 15 is 0 Å². The van der Waals surface area contributed by atoms with Crippen molar-refractivity contribution in [3.63, 3.8) is 0 Å². The Bertz CT molecular complexity index is 519. The van der Waals surface area contributed by atoms with Crippen LogP contribution in [0.25, 0.3) is 10.1 Å². The third kappa shape index (κ3) is 1.10. The molecular formula is C9H8N2O2S. The van der Waals surface area contributed by atoms with Crippen LogP contribution in [0, 0.1) is 0 Å². The maximum atomic E-state index is 10.8. The number of hydrogen-bond donors (Lipinski definition) is 3. The van der Waals surface area contributed by atoms with Crippen LogP contribution < -0.4 is 11.5 Å². The lowest BCUT2D eigenvalue weighted by Gasteiger charge is -2.00. The number of nitrogen functional groups attached to an aromatic ring is 2. The molecule has 0 unspecified atom stereocenters. The summed E-state index contributed by atoms with van der Waals surface area (Å²) in [6.45, 7) is 0. The van der Waals surface area contributed by atoms with Gasteiger partial charge in [-0.05, 0) is 6.07 Å². The van der Waals surface area contributed by atoms with Crippen LogP contribution in [0.5, 0.6) is 0 Å². The standard InChI is InChI=1S/C9H8N2O2S/c10-6-2-1-4-5(9(12)13)3-14-8(4)7(6)11/h1-3H,10-11H2,(H,12,13). The zero-order chi connectivity index (χ0) is 10.3. The van der Waals surface area contributed by atoms with E-state index < -0.39 is 5.97 Å². The predicted molar refractivity (Wildman–Crippen MR) is 57.6 cm³/mol. The lowest BCUT2D eigenvalue weighted by atomic mass is 10.1. The maximum Gasteiger partial charge on any atom is 0.337 e. The van der Waals surface area contributed by atoms with Crippen molar-refractivity contribution in [1.82, 2.24) is 0 Å². The largest absolute Gasteiger partial charge is 0.478 e. The number of benzene rings is 1. The summed E-state index contributed by atoms with van der Waals surface area (Å²) in [4.78, 5) is 10.8. The van der Waals surface area contributed by atoms with Gasteiger partial charge in [0, 0.05) is 10.8 Å². The van der Waals surface area contributed by atoms with E-state index in [0.29, 0.717) is 16.8 Å². The van der Waals surface area contributed by atoms with E-state index in [9.17, 15) is 4.79 Å². The molecule has 0 aliphatic heterocycles. The molecule has 72 valence electrons. The molecule has 0 saturated heterocycles. The second-order valence-electron chi connectivity index (χ2n) is 2.90. The minimum atomic E-state index is -0.944. The van der Waals surface area contributed by atoms with Gasteiger partial charge < -0.3 is 16.6 Å². The lowest BCUT2D eigenvalue weighted by Crippen LogP contribution is -1.96. The summed E-state index contributed by atoms with van der Waals surface area (Å²) in [5, 5.41) is 11.1. The molecule has 1 aromatic heterocycles. The SMILES string of the molecule is Nc1ccc2c(C(=O)O)csc2c1N. The summed E-state index contributed by atoms with van der Waals surface area (Å²) in [5.74, 6) is -0.944. The van der Waals surface area contributed by atoms with Crippen molar-refractivity contribution < 1.29 is 9.90 Å². The first-order valence-corrected chi connectivity index (χ1v) is 4.77. The molecule has 5 N–H and O–H groups in total. The van der Waals surface area contributed by atoms with Crippen LogP contribution in [-0.2, 0) is 0 Å². The number of hydrogen-bond acceptors (Lipinski definition) is 4. The molecule has 5 heteroatoms. The normalized spacial score (nSPS) is 10.6. The molecule has 4 nitrogen and oxygen atoms in total. The van der Waals surface area contributed by atoms with Gasteiger partial charge in [-0.2, -0.15) is 0 Å². The molecule has 2 aromatic rings. The van der Waals surface area contributed by atoms with Crippen molar-refractivity contribution in [2.75, 3.05) is 11.5 Å². The Morgan fingerprint density at radius 3 is 2.71 bits per heavy atom. The summed E-state index contributed by atoms with van der Waals surface area (Å²) >= 11 is 1.30. The molecule has 14 heavy (non-hydrogen) atoms. The highest BCUT2D eigenvalue weighted by atomic mass is 32.1. The number of anilines is 2. The number of aromatic carboxylic acids is 1. The maximum absolute atomic E-state index is 10.8. The van der Waals surface area contributed by atoms with Gasteiger partial charge in [0.2, 0.25) is 0 Å². The zero-order valence-corrected chi connectivity index (χ0v) is 7.97. The van der Waals surface area contributed by atoms with Crippen LogP contribution in [0.3, 0.4) is 0 Å². The number of rotatable bonds is 1. The van der Waals surface area contributed by atoms with Crippen molar-refractivity contribution in [2.45, 2.75) is 0 Å². The van der Waals surface area contributed by atoms with Gasteiger partial charge in [0.1, 0.15) is 0 Å². The molecule has 0 fully saturated rings. The van der Waals surface area contributed by atoms with E-state index in [2.05, 4.69) is 0 Å². The van der Waals surface area contributed by atoms with Crippen LogP contribution in [0.2, 0.25) is 0 Å². The Morgan fingerprint density at radius 2 is 2.07 bits per heavy atom. The molecule has 2 rings (SSSR count). The Hall–Kier alpha value is -1.75. The van der Waals surface area contributed by atoms with Gasteiger partial charge in [0.25, 0.3) is 0 Å². The minimum Gasteiger partial charge on any atom is -0.478 e. The number of nitrogens with two attached hydrogens (primary N) is 2. The average Bonchev–Trinajstić information content (AvgIpc) is 2.55. The van der Waals surface area contributed by atoms with E-state index in [1.54, 1.807) is 17.5 Å². The molecule has 1 aromatic carbocycles. The second-order valence-corrected chi connectivity index (χ2v) is 3.78. The van der Waals surface area contributed by atoms with Gasteiger partial charge in [0.15, 0.2) is 0 Å². The van der Waals surface area contributed by atoms with E-state index in [4.69, 9.17) is 16.6 Å². The first-order chi connectivity index (χ1) is 6.61. The van der Waals surface area contributed by atoms with E-state index in [1.807, 2.05) is 0 Å². The zero-order valence-electron chi connectivity index (χ0n) is 7.15. The first kappa shape index (κ1) is 8.83. The molecule has 0 radical (unpaired) electrons. The molecular weight excluding hydrogens is 200 g/mol. The van der Waals surface area contributed by atoms with Gasteiger partial charge in [-0.15, -0.1) is 11.3 Å². The Balaban J connectivity index is 2.83. The van der Waals surface area contributed by atoms with Crippen LogP contribution in [0.15, 0.2) is 17.5 Å². The number of carboxylic acid groups (broad SMARTS) is 1. The highest BCUT2D eigenvalue weighted by molar-refractivity contribution is 7.18. The monoisotopic (exact) mass is 208 g/mol. The van der Waals surface area contributed by atoms with E-state index in [1.165, 1.54) is 11.3 Å². The third-order valence-electron chi connectivity index (χ3n) is 2.05. The van der Waals surface area contributed by atoms with Crippen molar-refractivity contribution in [2.24, 2.45) is 0 Å². The highest BCUT2D eigenvalue weighted by Gasteiger charge is 2.13. The topological polar surface area (TPSA) is 89.3 Å². The summed E-state index contributed by atoms with van der Waals surface area (Å²) in [5.41, 5.74) is 12.5. The fraction of sp³-hybridized carbons (Fsp3) is 0. The van der Waals surface area contributed by atoms with E-state index in [0.717, 1.165) is 4.70 Å². The van der Waals surface area contributed by atoms with Gasteiger partial charge in [-0.1, -0.05) is 6.07 Å². The number of thiophene rings is 1. The van der Waals surface area contributed by atoms with Crippen LogP contribution in [-0.4, -0.2) is 11.1 Å². The fourth-order valence-electron chi connectivity index (χ4n) is 1.30. The van der Waals surface area contributed by atoms with Crippen molar-refractivity contribution in [1.29, 1.82) is 0 Å². The fourth-order valence-corrected chi connectivity index (χ4v) is 2.31. The molecule has 0 aliphatic carbocycles. The van der Waals surface area contributed by atoms with E-state index in [-0.39, 0.29) is 5.56 Å². The summed E-state index contributed by atoms with van der Waals surface area (Å²) in [6.07, 6.45) is 0. The van der Waals surface area contributed by atoms with Gasteiger partial charge >= 0.3 is 5.97 Å². The van der Waals surface area contributed by atoms with Crippen molar-refractivity contribution in [3.05, 3.63) is 23.1 Å². The number of carbonyl (C=O) groups is 1. The van der Waals surface area contributed by atoms with Crippen molar-refractivity contribution >= 4 is 38.8 Å². The molecule has 1 heterocycles. The number of fused-ring (bicyclic) bond motifs is 1. The molecule has 0 saturated carbocycles. The quantitative estimate of drug-likeness (QED) is 0.623. The van der Waals surface area contributed by atoms with Gasteiger partial charge in [-0.25, -0.2) is 4.79 Å². The summed E-state index contributed by atoms with van der Waals surface area (Å²) < 4.78 is 0.738. The lowest BCUT2D eigenvalue weighted by molar-refractivity contribution is 0.0699. The molecule has 0 bridgehead atoms. The second kappa shape index (κ2) is 2.88. The van der Waals surface area contributed by atoms with Crippen LogP contribution in [0.4, 0.5) is 11.4 Å². The first-order valence-electron chi connectivity index (χ1n) is 3.89. The summed E-state index contributed by atoms with van der Waals surface area (Å²) in [6, 6.07) is 3.30. The number of carboxylic acids is 1. The van der Waals surface area contributed by atoms with Gasteiger partial charge in [0.05, 0.1) is 21.6 Å².